The van der Waals surface area contributed by atoms with Crippen LogP contribution < -0.4 is 10.8 Å². The number of nitrogens with zero attached hydrogens (tertiary/aromatic N) is 3. The Balaban J connectivity index is 1.53. The predicted molar refractivity (Wildman–Crippen MR) is 140 cm³/mol. The first-order chi connectivity index (χ1) is 18.1. The van der Waals surface area contributed by atoms with Crippen LogP contribution in [0.3, 0.4) is 0 Å². The van der Waals surface area contributed by atoms with E-state index in [0.29, 0.717) is 51.5 Å². The molecule has 0 saturated heterocycles. The summed E-state index contributed by atoms with van der Waals surface area (Å²) in [7, 11) is 0. The summed E-state index contributed by atoms with van der Waals surface area (Å²) < 4.78 is 5.82. The Morgan fingerprint density at radius 3 is 2.76 bits per heavy atom. The lowest BCUT2D eigenvalue weighted by Gasteiger charge is -2.22. The van der Waals surface area contributed by atoms with Gasteiger partial charge in [-0.2, -0.15) is 0 Å². The molecule has 1 aliphatic rings. The first-order valence-corrected chi connectivity index (χ1v) is 12.3. The number of hydrogen-bond donors (Lipinski definition) is 3. The van der Waals surface area contributed by atoms with Crippen LogP contribution >= 0.6 is 0 Å². The molecule has 3 aromatic rings. The van der Waals surface area contributed by atoms with E-state index in [4.69, 9.17) is 9.94 Å². The zero-order chi connectivity index (χ0) is 25.9. The molecule has 0 spiro atoms. The summed E-state index contributed by atoms with van der Waals surface area (Å²) in [5.41, 5.74) is 6.25. The van der Waals surface area contributed by atoms with Gasteiger partial charge in [-0.1, -0.05) is 42.5 Å². The average molecular weight is 502 g/mol. The summed E-state index contributed by atoms with van der Waals surface area (Å²) in [4.78, 5) is 35.1. The van der Waals surface area contributed by atoms with Crippen LogP contribution in [0.4, 0.5) is 11.6 Å². The number of hydrogen-bond acceptors (Lipinski definition) is 7. The molecule has 0 unspecified atom stereocenters. The number of rotatable bonds is 5. The van der Waals surface area contributed by atoms with E-state index in [1.165, 1.54) is 0 Å². The van der Waals surface area contributed by atoms with Crippen LogP contribution in [0, 0.1) is 0 Å². The van der Waals surface area contributed by atoms with Crippen molar-refractivity contribution in [3.8, 4) is 11.3 Å². The summed E-state index contributed by atoms with van der Waals surface area (Å²) in [6, 6.07) is 17.8. The predicted octanol–water partition coefficient (Wildman–Crippen LogP) is 4.37. The molecule has 192 valence electrons. The third-order valence-corrected chi connectivity index (χ3v) is 5.93. The molecule has 9 nitrogen and oxygen atoms in total. The SMILES string of the molecule is O=C(CCCCC(=O)N1C/C=C/COCc2cccc(c2)-c2ccnc(n2)Nc2cccc(c2)C1)NO. The largest absolute Gasteiger partial charge is 0.373 e. The van der Waals surface area contributed by atoms with Crippen molar-refractivity contribution >= 4 is 23.5 Å². The van der Waals surface area contributed by atoms with Gasteiger partial charge in [0.05, 0.1) is 18.9 Å². The molecule has 0 aliphatic carbocycles. The van der Waals surface area contributed by atoms with E-state index in [9.17, 15) is 9.59 Å². The number of unbranched alkanes of at least 4 members (excludes halogenated alkanes) is 1. The monoisotopic (exact) mass is 501 g/mol. The summed E-state index contributed by atoms with van der Waals surface area (Å²) in [5.74, 6) is 0.0354. The molecule has 2 amide bonds. The minimum atomic E-state index is -0.447. The molecule has 0 saturated carbocycles. The smallest absolute Gasteiger partial charge is 0.243 e. The van der Waals surface area contributed by atoms with E-state index in [-0.39, 0.29) is 12.3 Å². The molecule has 3 N–H and O–H groups in total. The van der Waals surface area contributed by atoms with Gasteiger partial charge in [-0.25, -0.2) is 15.4 Å². The molecule has 9 heteroatoms. The van der Waals surface area contributed by atoms with Crippen molar-refractivity contribution in [1.82, 2.24) is 20.3 Å². The summed E-state index contributed by atoms with van der Waals surface area (Å²) >= 11 is 0. The molecule has 2 heterocycles. The number of ether oxygens (including phenoxy) is 1. The highest BCUT2D eigenvalue weighted by Gasteiger charge is 2.14. The van der Waals surface area contributed by atoms with Crippen LogP contribution in [0.25, 0.3) is 11.3 Å². The molecule has 6 bridgehead atoms. The maximum atomic E-state index is 13.0. The third kappa shape index (κ3) is 7.96. The van der Waals surface area contributed by atoms with Crippen LogP contribution in [0.1, 0.15) is 36.8 Å². The lowest BCUT2D eigenvalue weighted by atomic mass is 10.1. The van der Waals surface area contributed by atoms with Gasteiger partial charge in [0.15, 0.2) is 0 Å². The number of hydroxylamine groups is 1. The molecular weight excluding hydrogens is 470 g/mol. The van der Waals surface area contributed by atoms with Gasteiger partial charge < -0.3 is 15.0 Å². The second kappa shape index (κ2) is 13.3. The number of amides is 2. The Morgan fingerprint density at radius 1 is 1.03 bits per heavy atom. The molecule has 0 radical (unpaired) electrons. The second-order valence-corrected chi connectivity index (χ2v) is 8.79. The number of nitrogens with one attached hydrogen (secondary N) is 2. The Labute approximate surface area is 216 Å². The van der Waals surface area contributed by atoms with Crippen molar-refractivity contribution < 1.29 is 19.5 Å². The van der Waals surface area contributed by atoms with Crippen LogP contribution in [0.5, 0.6) is 0 Å². The van der Waals surface area contributed by atoms with Gasteiger partial charge in [0.1, 0.15) is 0 Å². The standard InChI is InChI=1S/C28H31N5O4/c34-26(32-36)11-1-2-12-27(35)33-15-3-4-16-37-20-22-8-5-9-23(17-22)25-13-14-29-28(31-25)30-24-10-6-7-21(18-24)19-33/h3-10,13-14,17-18,36H,1-2,11-12,15-16,19-20H2,(H,32,34)(H,29,30,31)/b4-3+. The van der Waals surface area contributed by atoms with Crippen molar-refractivity contribution in [2.75, 3.05) is 18.5 Å². The van der Waals surface area contributed by atoms with Gasteiger partial charge in [0, 0.05) is 43.4 Å². The molecule has 1 aliphatic heterocycles. The van der Waals surface area contributed by atoms with Crippen LogP contribution in [-0.4, -0.2) is 45.0 Å². The highest BCUT2D eigenvalue weighted by Crippen LogP contribution is 2.22. The van der Waals surface area contributed by atoms with Crippen molar-refractivity contribution in [1.29, 1.82) is 0 Å². The van der Waals surface area contributed by atoms with Crippen LogP contribution in [-0.2, 0) is 27.5 Å². The highest BCUT2D eigenvalue weighted by atomic mass is 16.5. The van der Waals surface area contributed by atoms with E-state index in [0.717, 1.165) is 28.1 Å². The van der Waals surface area contributed by atoms with Crippen molar-refractivity contribution in [3.63, 3.8) is 0 Å². The number of carbonyl (C=O) groups is 2. The fourth-order valence-corrected chi connectivity index (χ4v) is 4.04. The van der Waals surface area contributed by atoms with Crippen LogP contribution in [0.15, 0.2) is 72.9 Å². The summed E-state index contributed by atoms with van der Waals surface area (Å²) in [5, 5.41) is 11.9. The minimum Gasteiger partial charge on any atom is -0.373 e. The second-order valence-electron chi connectivity index (χ2n) is 8.79. The van der Waals surface area contributed by atoms with Gasteiger partial charge in [-0.05, 0) is 48.2 Å². The van der Waals surface area contributed by atoms with E-state index in [1.54, 1.807) is 16.6 Å². The van der Waals surface area contributed by atoms with Gasteiger partial charge in [-0.3, -0.25) is 14.8 Å². The molecule has 2 aromatic carbocycles. The fraction of sp³-hybridized carbons (Fsp3) is 0.286. The number of benzene rings is 2. The molecule has 37 heavy (non-hydrogen) atoms. The topological polar surface area (TPSA) is 117 Å². The Bertz CT molecular complexity index is 1250. The molecule has 1 aromatic heterocycles. The molecule has 0 atom stereocenters. The number of anilines is 2. The van der Waals surface area contributed by atoms with E-state index in [2.05, 4.69) is 21.4 Å². The van der Waals surface area contributed by atoms with Crippen LogP contribution in [0.2, 0.25) is 0 Å². The third-order valence-electron chi connectivity index (χ3n) is 5.93. The average Bonchev–Trinajstić information content (AvgIpc) is 2.92. The Kier molecular flexibility index (Phi) is 9.34. The van der Waals surface area contributed by atoms with Crippen molar-refractivity contribution in [3.05, 3.63) is 84.1 Å². The first kappa shape index (κ1) is 26.0. The number of fused-ring (bicyclic) bond motifs is 7. The number of aromatic nitrogens is 2. The quantitative estimate of drug-likeness (QED) is 0.206. The van der Waals surface area contributed by atoms with Crippen molar-refractivity contribution in [2.24, 2.45) is 0 Å². The summed E-state index contributed by atoms with van der Waals surface area (Å²) in [6.45, 7) is 1.77. The Hall–Kier alpha value is -4.08. The molecule has 0 fully saturated rings. The normalized spacial score (nSPS) is 14.6. The lowest BCUT2D eigenvalue weighted by molar-refractivity contribution is -0.132. The van der Waals surface area contributed by atoms with E-state index < -0.39 is 5.91 Å². The maximum Gasteiger partial charge on any atom is 0.243 e. The van der Waals surface area contributed by atoms with Gasteiger partial charge >= 0.3 is 0 Å². The summed E-state index contributed by atoms with van der Waals surface area (Å²) in [6.07, 6.45) is 7.18. The van der Waals surface area contributed by atoms with Gasteiger partial charge in [0.25, 0.3) is 0 Å². The highest BCUT2D eigenvalue weighted by molar-refractivity contribution is 5.77. The number of carbonyl (C=O) groups excluding carboxylic acids is 2. The maximum absolute atomic E-state index is 13.0. The first-order valence-electron chi connectivity index (χ1n) is 12.3. The Morgan fingerprint density at radius 2 is 1.86 bits per heavy atom. The zero-order valence-electron chi connectivity index (χ0n) is 20.6. The van der Waals surface area contributed by atoms with E-state index in [1.807, 2.05) is 60.7 Å². The van der Waals surface area contributed by atoms with Crippen molar-refractivity contribution in [2.45, 2.75) is 38.8 Å². The fourth-order valence-electron chi connectivity index (χ4n) is 4.04. The van der Waals surface area contributed by atoms with Gasteiger partial charge in [-0.15, -0.1) is 0 Å². The molecule has 4 rings (SSSR count). The van der Waals surface area contributed by atoms with Gasteiger partial charge in [0.2, 0.25) is 17.8 Å². The molecular formula is C28H31N5O4. The minimum absolute atomic E-state index is 0.00408. The lowest BCUT2D eigenvalue weighted by Crippen LogP contribution is -2.30. The zero-order valence-corrected chi connectivity index (χ0v) is 20.6. The van der Waals surface area contributed by atoms with E-state index >= 15 is 0 Å².